The molecule has 6 heteroatoms. The number of hydrogen-bond acceptors (Lipinski definition) is 4. The number of rotatable bonds is 7. The van der Waals surface area contributed by atoms with Gasteiger partial charge in [-0.25, -0.2) is 0 Å². The highest BCUT2D eigenvalue weighted by Gasteiger charge is 2.39. The predicted molar refractivity (Wildman–Crippen MR) is 93.4 cm³/mol. The molecule has 1 aromatic heterocycles. The van der Waals surface area contributed by atoms with Crippen LogP contribution >= 0.6 is 11.3 Å². The highest BCUT2D eigenvalue weighted by molar-refractivity contribution is 7.10. The zero-order valence-electron chi connectivity index (χ0n) is 14.2. The number of nitrogens with one attached hydrogen (secondary N) is 1. The van der Waals surface area contributed by atoms with Gasteiger partial charge in [-0.3, -0.25) is 9.59 Å². The zero-order valence-corrected chi connectivity index (χ0v) is 15.1. The van der Waals surface area contributed by atoms with Gasteiger partial charge in [0.2, 0.25) is 11.8 Å². The Morgan fingerprint density at radius 3 is 2.78 bits per heavy atom. The van der Waals surface area contributed by atoms with E-state index in [1.54, 1.807) is 16.2 Å². The van der Waals surface area contributed by atoms with Crippen LogP contribution in [0.5, 0.6) is 0 Å². The second-order valence-electron chi connectivity index (χ2n) is 5.93. The van der Waals surface area contributed by atoms with Crippen LogP contribution in [0.25, 0.3) is 0 Å². The molecule has 2 atom stereocenters. The first kappa shape index (κ1) is 17.9. The molecule has 0 aliphatic carbocycles. The van der Waals surface area contributed by atoms with Gasteiger partial charge in [-0.2, -0.15) is 0 Å². The lowest BCUT2D eigenvalue weighted by atomic mass is 9.87. The van der Waals surface area contributed by atoms with Crippen molar-refractivity contribution in [2.75, 3.05) is 33.2 Å². The molecular weight excluding hydrogens is 310 g/mol. The van der Waals surface area contributed by atoms with Crippen molar-refractivity contribution < 1.29 is 9.59 Å². The Bertz CT molecular complexity index is 514. The maximum atomic E-state index is 12.7. The van der Waals surface area contributed by atoms with Gasteiger partial charge in [0.05, 0.1) is 12.0 Å². The van der Waals surface area contributed by atoms with Crippen molar-refractivity contribution in [2.24, 2.45) is 5.92 Å². The van der Waals surface area contributed by atoms with Gasteiger partial charge in [0.25, 0.3) is 0 Å². The van der Waals surface area contributed by atoms with E-state index in [9.17, 15) is 9.59 Å². The lowest BCUT2D eigenvalue weighted by Gasteiger charge is -2.37. The molecule has 2 heterocycles. The third kappa shape index (κ3) is 4.32. The molecule has 0 saturated carbocycles. The average Bonchev–Trinajstić information content (AvgIpc) is 3.07. The SMILES string of the molecule is CCN(CC)CCNC(=O)[C@@H]1CCC(=O)N(C)[C@@H]1c1cccs1. The minimum atomic E-state index is -0.159. The van der Waals surface area contributed by atoms with E-state index in [0.717, 1.165) is 24.5 Å². The summed E-state index contributed by atoms with van der Waals surface area (Å²) >= 11 is 1.61. The lowest BCUT2D eigenvalue weighted by Crippen LogP contribution is -2.47. The van der Waals surface area contributed by atoms with Gasteiger partial charge in [0.1, 0.15) is 0 Å². The molecule has 128 valence electrons. The topological polar surface area (TPSA) is 52.7 Å². The monoisotopic (exact) mass is 337 g/mol. The number of hydrogen-bond donors (Lipinski definition) is 1. The smallest absolute Gasteiger partial charge is 0.225 e. The van der Waals surface area contributed by atoms with Crippen LogP contribution in [0.15, 0.2) is 17.5 Å². The highest BCUT2D eigenvalue weighted by atomic mass is 32.1. The van der Waals surface area contributed by atoms with Crippen LogP contribution in [-0.2, 0) is 9.59 Å². The second kappa shape index (κ2) is 8.45. The van der Waals surface area contributed by atoms with Crippen LogP contribution in [0.4, 0.5) is 0 Å². The van der Waals surface area contributed by atoms with Crippen molar-refractivity contribution >= 4 is 23.2 Å². The van der Waals surface area contributed by atoms with E-state index in [2.05, 4.69) is 24.1 Å². The fraction of sp³-hybridized carbons (Fsp3) is 0.647. The number of carbonyl (C=O) groups is 2. The first-order chi connectivity index (χ1) is 11.1. The Balaban J connectivity index is 2.00. The van der Waals surface area contributed by atoms with Crippen molar-refractivity contribution in [3.05, 3.63) is 22.4 Å². The van der Waals surface area contributed by atoms with Crippen LogP contribution in [0, 0.1) is 5.92 Å². The number of amides is 2. The van der Waals surface area contributed by atoms with Crippen LogP contribution in [0.1, 0.15) is 37.6 Å². The van der Waals surface area contributed by atoms with Gasteiger partial charge in [-0.15, -0.1) is 11.3 Å². The molecule has 0 spiro atoms. The van der Waals surface area contributed by atoms with Crippen molar-refractivity contribution in [2.45, 2.75) is 32.7 Å². The Morgan fingerprint density at radius 2 is 2.17 bits per heavy atom. The maximum absolute atomic E-state index is 12.7. The van der Waals surface area contributed by atoms with Gasteiger partial charge in [0.15, 0.2) is 0 Å². The average molecular weight is 337 g/mol. The summed E-state index contributed by atoms with van der Waals surface area (Å²) in [5.41, 5.74) is 0. The van der Waals surface area contributed by atoms with Crippen LogP contribution in [-0.4, -0.2) is 54.8 Å². The number of nitrogens with zero attached hydrogens (tertiary/aromatic N) is 2. The third-order valence-electron chi connectivity index (χ3n) is 4.65. The first-order valence-corrected chi connectivity index (χ1v) is 9.25. The summed E-state index contributed by atoms with van der Waals surface area (Å²) in [6, 6.07) is 3.85. The molecular formula is C17H27N3O2S. The molecule has 0 unspecified atom stereocenters. The number of thiophene rings is 1. The molecule has 23 heavy (non-hydrogen) atoms. The Kier molecular flexibility index (Phi) is 6.59. The van der Waals surface area contributed by atoms with Crippen molar-refractivity contribution in [3.63, 3.8) is 0 Å². The molecule has 2 amide bonds. The van der Waals surface area contributed by atoms with Crippen molar-refractivity contribution in [3.8, 4) is 0 Å². The Hall–Kier alpha value is -1.40. The molecule has 1 fully saturated rings. The predicted octanol–water partition coefficient (Wildman–Crippen LogP) is 2.12. The van der Waals surface area contributed by atoms with Gasteiger partial charge in [-0.1, -0.05) is 19.9 Å². The number of likely N-dealkylation sites (N-methyl/N-ethyl adjacent to an activating group) is 1. The van der Waals surface area contributed by atoms with E-state index < -0.39 is 0 Å². The summed E-state index contributed by atoms with van der Waals surface area (Å²) in [7, 11) is 1.81. The molecule has 2 rings (SSSR count). The first-order valence-electron chi connectivity index (χ1n) is 8.37. The molecule has 1 saturated heterocycles. The molecule has 5 nitrogen and oxygen atoms in total. The van der Waals surface area contributed by atoms with E-state index in [1.807, 2.05) is 24.6 Å². The van der Waals surface area contributed by atoms with Crippen molar-refractivity contribution in [1.82, 2.24) is 15.1 Å². The van der Waals surface area contributed by atoms with E-state index in [-0.39, 0.29) is 23.8 Å². The largest absolute Gasteiger partial charge is 0.354 e. The summed E-state index contributed by atoms with van der Waals surface area (Å²) in [6.07, 6.45) is 1.08. The molecule has 1 N–H and O–H groups in total. The minimum absolute atomic E-state index is 0.0647. The van der Waals surface area contributed by atoms with E-state index >= 15 is 0 Å². The summed E-state index contributed by atoms with van der Waals surface area (Å²) in [4.78, 5) is 29.8. The molecule has 1 aliphatic rings. The summed E-state index contributed by atoms with van der Waals surface area (Å²) < 4.78 is 0. The summed E-state index contributed by atoms with van der Waals surface area (Å²) in [5.74, 6) is 0.0264. The van der Waals surface area contributed by atoms with E-state index in [4.69, 9.17) is 0 Å². The van der Waals surface area contributed by atoms with E-state index in [0.29, 0.717) is 19.4 Å². The van der Waals surface area contributed by atoms with Crippen LogP contribution in [0.3, 0.4) is 0 Å². The second-order valence-corrected chi connectivity index (χ2v) is 6.91. The van der Waals surface area contributed by atoms with Crippen LogP contribution < -0.4 is 5.32 Å². The van der Waals surface area contributed by atoms with Gasteiger partial charge in [0, 0.05) is 31.4 Å². The van der Waals surface area contributed by atoms with Crippen LogP contribution in [0.2, 0.25) is 0 Å². The minimum Gasteiger partial charge on any atom is -0.354 e. The molecule has 1 aromatic rings. The van der Waals surface area contributed by atoms with Crippen molar-refractivity contribution in [1.29, 1.82) is 0 Å². The standard InChI is InChI=1S/C17H27N3O2S/c1-4-20(5-2)11-10-18-17(22)13-8-9-15(21)19(3)16(13)14-7-6-12-23-14/h6-7,12-13,16H,4-5,8-11H2,1-3H3,(H,18,22)/t13-,16+/m1/s1. The van der Waals surface area contributed by atoms with E-state index in [1.165, 1.54) is 0 Å². The Morgan fingerprint density at radius 1 is 1.43 bits per heavy atom. The Labute approximate surface area is 142 Å². The summed E-state index contributed by atoms with van der Waals surface area (Å²) in [5, 5.41) is 5.06. The normalized spacial score (nSPS) is 21.7. The quantitative estimate of drug-likeness (QED) is 0.829. The third-order valence-corrected chi connectivity index (χ3v) is 5.60. The molecule has 1 aliphatic heterocycles. The number of piperidine rings is 1. The highest BCUT2D eigenvalue weighted by Crippen LogP contribution is 2.37. The number of carbonyl (C=O) groups excluding carboxylic acids is 2. The fourth-order valence-electron chi connectivity index (χ4n) is 3.17. The fourth-order valence-corrected chi connectivity index (χ4v) is 4.10. The lowest BCUT2D eigenvalue weighted by molar-refractivity contribution is -0.141. The molecule has 0 aromatic carbocycles. The number of likely N-dealkylation sites (tertiary alicyclic amines) is 1. The molecule has 0 radical (unpaired) electrons. The van der Waals surface area contributed by atoms with Gasteiger partial charge < -0.3 is 15.1 Å². The van der Waals surface area contributed by atoms with Gasteiger partial charge >= 0.3 is 0 Å². The maximum Gasteiger partial charge on any atom is 0.225 e. The van der Waals surface area contributed by atoms with Gasteiger partial charge in [-0.05, 0) is 31.0 Å². The molecule has 0 bridgehead atoms. The zero-order chi connectivity index (χ0) is 16.8. The summed E-state index contributed by atoms with van der Waals surface area (Å²) in [6.45, 7) is 7.76.